The van der Waals surface area contributed by atoms with E-state index >= 15 is 0 Å². The number of benzene rings is 1. The molecule has 0 bridgehead atoms. The molecule has 3 rings (SSSR count). The van der Waals surface area contributed by atoms with Crippen LogP contribution in [0.4, 0.5) is 0 Å². The van der Waals surface area contributed by atoms with E-state index in [1.54, 1.807) is 13.2 Å². The molecule has 0 radical (unpaired) electrons. The highest BCUT2D eigenvalue weighted by atomic mass is 16.5. The van der Waals surface area contributed by atoms with Gasteiger partial charge in [0.1, 0.15) is 17.5 Å². The highest BCUT2D eigenvalue weighted by Gasteiger charge is 2.34. The number of aromatic hydroxyl groups is 1. The molecule has 0 saturated heterocycles. The molecule has 154 valence electrons. The zero-order valence-electron chi connectivity index (χ0n) is 17.6. The maximum atomic E-state index is 10.8. The predicted octanol–water partition coefficient (Wildman–Crippen LogP) is 3.61. The van der Waals surface area contributed by atoms with Crippen LogP contribution in [-0.4, -0.2) is 50.4 Å². The van der Waals surface area contributed by atoms with Crippen molar-refractivity contribution in [2.75, 3.05) is 20.2 Å². The summed E-state index contributed by atoms with van der Waals surface area (Å²) in [5.74, 6) is 1.43. The first-order chi connectivity index (χ1) is 13.8. The highest BCUT2D eigenvalue weighted by molar-refractivity contribution is 5.44. The van der Waals surface area contributed by atoms with Crippen molar-refractivity contribution < 1.29 is 9.84 Å². The Kier molecular flexibility index (Phi) is 5.88. The molecule has 29 heavy (non-hydrogen) atoms. The number of tetrazole rings is 1. The summed E-state index contributed by atoms with van der Waals surface area (Å²) in [5.41, 5.74) is 2.75. The first-order valence-electron chi connectivity index (χ1n) is 9.66. The number of phenolic OH excluding ortho intramolecular Hbond substituents is 1. The summed E-state index contributed by atoms with van der Waals surface area (Å²) in [6, 6.07) is 5.02. The lowest BCUT2D eigenvalue weighted by Crippen LogP contribution is -2.38. The zero-order valence-corrected chi connectivity index (χ0v) is 17.6. The van der Waals surface area contributed by atoms with Gasteiger partial charge in [0.2, 0.25) is 0 Å². The molecule has 1 aromatic carbocycles. The van der Waals surface area contributed by atoms with Crippen LogP contribution in [0.1, 0.15) is 44.6 Å². The van der Waals surface area contributed by atoms with Gasteiger partial charge in [0.05, 0.1) is 12.6 Å². The second kappa shape index (κ2) is 8.21. The fourth-order valence-electron chi connectivity index (χ4n) is 3.70. The number of nitrogens with zero attached hydrogens (tertiary/aromatic N) is 5. The van der Waals surface area contributed by atoms with E-state index < -0.39 is 0 Å². The molecule has 0 fully saturated rings. The number of allylic oxidation sites excluding steroid dienone is 1. The third-order valence-corrected chi connectivity index (χ3v) is 5.22. The topological polar surface area (TPSA) is 76.3 Å². The summed E-state index contributed by atoms with van der Waals surface area (Å²) in [7, 11) is 1.58. The number of phenols is 1. The fraction of sp³-hybridized carbons (Fsp3) is 0.409. The van der Waals surface area contributed by atoms with Gasteiger partial charge in [0.25, 0.3) is 0 Å². The first kappa shape index (κ1) is 20.8. The molecule has 1 atom stereocenters. The van der Waals surface area contributed by atoms with Crippen LogP contribution in [0, 0.1) is 0 Å². The molecule has 1 unspecified atom stereocenters. The number of rotatable bonds is 6. The monoisotopic (exact) mass is 395 g/mol. The van der Waals surface area contributed by atoms with E-state index in [0.29, 0.717) is 18.1 Å². The van der Waals surface area contributed by atoms with Crippen LogP contribution < -0.4 is 4.74 Å². The van der Waals surface area contributed by atoms with Gasteiger partial charge in [-0.25, -0.2) is 4.68 Å². The molecule has 1 N–H and O–H groups in total. The maximum Gasteiger partial charge on any atom is 0.173 e. The summed E-state index contributed by atoms with van der Waals surface area (Å²) < 4.78 is 7.08. The molecule has 7 nitrogen and oxygen atoms in total. The minimum Gasteiger partial charge on any atom is -0.507 e. The van der Waals surface area contributed by atoms with Crippen molar-refractivity contribution >= 4 is 0 Å². The maximum absolute atomic E-state index is 10.8. The second-order valence-corrected chi connectivity index (χ2v) is 8.13. The van der Waals surface area contributed by atoms with E-state index in [9.17, 15) is 5.11 Å². The van der Waals surface area contributed by atoms with Crippen LogP contribution in [-0.2, 0) is 5.54 Å². The van der Waals surface area contributed by atoms with Crippen molar-refractivity contribution in [3.8, 4) is 11.5 Å². The van der Waals surface area contributed by atoms with Crippen molar-refractivity contribution in [1.82, 2.24) is 25.1 Å². The minimum absolute atomic E-state index is 0.149. The molecule has 1 aromatic heterocycles. The fourth-order valence-corrected chi connectivity index (χ4v) is 3.70. The quantitative estimate of drug-likeness (QED) is 0.805. The van der Waals surface area contributed by atoms with Crippen molar-refractivity contribution in [1.29, 1.82) is 0 Å². The van der Waals surface area contributed by atoms with Gasteiger partial charge in [0.15, 0.2) is 5.82 Å². The van der Waals surface area contributed by atoms with Crippen molar-refractivity contribution in [3.05, 3.63) is 66.0 Å². The van der Waals surface area contributed by atoms with Crippen LogP contribution in [0.5, 0.6) is 11.5 Å². The van der Waals surface area contributed by atoms with Crippen LogP contribution in [0.2, 0.25) is 0 Å². The van der Waals surface area contributed by atoms with Crippen molar-refractivity contribution in [2.24, 2.45) is 0 Å². The number of methoxy groups -OCH3 is 1. The Labute approximate surface area is 172 Å². The van der Waals surface area contributed by atoms with Gasteiger partial charge in [0, 0.05) is 24.7 Å². The molecular formula is C22H29N5O2. The Bertz CT molecular complexity index is 939. The average molecular weight is 396 g/mol. The summed E-state index contributed by atoms with van der Waals surface area (Å²) in [5, 5.41) is 23.4. The van der Waals surface area contributed by atoms with E-state index in [1.807, 2.05) is 29.0 Å². The minimum atomic E-state index is -0.323. The smallest absolute Gasteiger partial charge is 0.173 e. The average Bonchev–Trinajstić information content (AvgIpc) is 3.19. The molecule has 1 aliphatic rings. The summed E-state index contributed by atoms with van der Waals surface area (Å²) in [6.07, 6.45) is 4.61. The van der Waals surface area contributed by atoms with Crippen molar-refractivity contribution in [2.45, 2.75) is 38.8 Å². The van der Waals surface area contributed by atoms with Gasteiger partial charge in [-0.1, -0.05) is 25.3 Å². The number of ether oxygens (including phenoxy) is 1. The third kappa shape index (κ3) is 4.10. The Hall–Kier alpha value is -2.93. The highest BCUT2D eigenvalue weighted by Crippen LogP contribution is 2.38. The molecular weight excluding hydrogens is 366 g/mol. The lowest BCUT2D eigenvalue weighted by Gasteiger charge is -2.36. The Morgan fingerprint density at radius 1 is 1.21 bits per heavy atom. The largest absolute Gasteiger partial charge is 0.507 e. The van der Waals surface area contributed by atoms with E-state index in [1.165, 1.54) is 5.57 Å². The van der Waals surface area contributed by atoms with E-state index in [2.05, 4.69) is 54.4 Å². The number of hydrogen-bond acceptors (Lipinski definition) is 6. The molecule has 0 aliphatic carbocycles. The molecule has 1 aliphatic heterocycles. The predicted molar refractivity (Wildman–Crippen MR) is 113 cm³/mol. The zero-order chi connectivity index (χ0) is 21.2. The first-order valence-corrected chi connectivity index (χ1v) is 9.66. The SMILES string of the molecule is C=CC1=C(C=C)CN(C(c2ccc(OC)cc2O)c2nnnn2C(C)(C)C)CC1. The van der Waals surface area contributed by atoms with E-state index in [4.69, 9.17) is 4.74 Å². The van der Waals surface area contributed by atoms with Gasteiger partial charge in [-0.2, -0.15) is 0 Å². The molecule has 0 saturated carbocycles. The van der Waals surface area contributed by atoms with Crippen LogP contribution in [0.3, 0.4) is 0 Å². The van der Waals surface area contributed by atoms with E-state index in [0.717, 1.165) is 24.1 Å². The Balaban J connectivity index is 2.14. The Morgan fingerprint density at radius 3 is 2.52 bits per heavy atom. The van der Waals surface area contributed by atoms with Gasteiger partial charge < -0.3 is 9.84 Å². The van der Waals surface area contributed by atoms with Crippen LogP contribution in [0.15, 0.2) is 54.7 Å². The lowest BCUT2D eigenvalue weighted by molar-refractivity contribution is 0.209. The van der Waals surface area contributed by atoms with Crippen molar-refractivity contribution in [3.63, 3.8) is 0 Å². The lowest BCUT2D eigenvalue weighted by atomic mass is 9.95. The van der Waals surface area contributed by atoms with Crippen LogP contribution in [0.25, 0.3) is 0 Å². The molecule has 2 aromatic rings. The summed E-state index contributed by atoms with van der Waals surface area (Å²) in [6.45, 7) is 15.5. The normalized spacial score (nSPS) is 16.6. The van der Waals surface area contributed by atoms with Gasteiger partial charge in [-0.05, 0) is 60.9 Å². The summed E-state index contributed by atoms with van der Waals surface area (Å²) in [4.78, 5) is 2.26. The van der Waals surface area contributed by atoms with Crippen LogP contribution >= 0.6 is 0 Å². The molecule has 0 amide bonds. The number of aromatic nitrogens is 4. The van der Waals surface area contributed by atoms with E-state index in [-0.39, 0.29) is 17.3 Å². The molecule has 7 heteroatoms. The van der Waals surface area contributed by atoms with Gasteiger partial charge in [-0.3, -0.25) is 4.90 Å². The van der Waals surface area contributed by atoms with Gasteiger partial charge >= 0.3 is 0 Å². The Morgan fingerprint density at radius 2 is 1.93 bits per heavy atom. The number of hydrogen-bond donors (Lipinski definition) is 1. The summed E-state index contributed by atoms with van der Waals surface area (Å²) >= 11 is 0. The van der Waals surface area contributed by atoms with Gasteiger partial charge in [-0.15, -0.1) is 5.10 Å². The third-order valence-electron chi connectivity index (χ3n) is 5.22. The molecule has 0 spiro atoms. The second-order valence-electron chi connectivity index (χ2n) is 8.13. The standard InChI is InChI=1S/C22H29N5O2/c1-7-15-11-12-26(14-16(15)8-2)20(18-10-9-17(29-6)13-19(18)28)21-23-24-25-27(21)22(3,4)5/h7-10,13,20,28H,1-2,11-12,14H2,3-6H3. The molecule has 2 heterocycles.